The highest BCUT2D eigenvalue weighted by Gasteiger charge is 2.11. The number of rotatable bonds is 4. The van der Waals surface area contributed by atoms with Gasteiger partial charge in [-0.25, -0.2) is 0 Å². The van der Waals surface area contributed by atoms with Crippen LogP contribution in [0.2, 0.25) is 0 Å². The number of aromatic nitrogens is 2. The summed E-state index contributed by atoms with van der Waals surface area (Å²) in [7, 11) is 0. The van der Waals surface area contributed by atoms with Gasteiger partial charge in [0.2, 0.25) is 5.91 Å². The molecule has 17 heavy (non-hydrogen) atoms. The summed E-state index contributed by atoms with van der Waals surface area (Å²) in [6.07, 6.45) is 2.85. The predicted molar refractivity (Wildman–Crippen MR) is 62.6 cm³/mol. The van der Waals surface area contributed by atoms with E-state index in [2.05, 4.69) is 15.5 Å². The van der Waals surface area contributed by atoms with Crippen LogP contribution in [0.1, 0.15) is 16.8 Å². The number of hydrogen-bond donors (Lipinski definition) is 2. The fraction of sp³-hybridized carbons (Fsp3) is 0.0833. The zero-order chi connectivity index (χ0) is 12.1. The number of amides is 1. The Hall–Kier alpha value is -2.43. The number of hydrogen-bond acceptors (Lipinski definition) is 3. The molecule has 0 radical (unpaired) electrons. The lowest BCUT2D eigenvalue weighted by Crippen LogP contribution is -2.16. The van der Waals surface area contributed by atoms with Gasteiger partial charge in [-0.05, 0) is 0 Å². The monoisotopic (exact) mass is 229 g/mol. The van der Waals surface area contributed by atoms with E-state index in [0.29, 0.717) is 11.3 Å². The van der Waals surface area contributed by atoms with Crippen LogP contribution in [0.5, 0.6) is 0 Å². The van der Waals surface area contributed by atoms with E-state index in [9.17, 15) is 9.59 Å². The van der Waals surface area contributed by atoms with Crippen LogP contribution in [0.4, 0.5) is 5.69 Å². The van der Waals surface area contributed by atoms with E-state index >= 15 is 0 Å². The van der Waals surface area contributed by atoms with Crippen LogP contribution in [-0.2, 0) is 4.79 Å². The SMILES string of the molecule is O=C(CC(=O)c1ccccc1)Nc1cn[nH]c1. The van der Waals surface area contributed by atoms with Crippen molar-refractivity contribution in [1.82, 2.24) is 10.2 Å². The number of nitrogens with one attached hydrogen (secondary N) is 2. The molecular weight excluding hydrogens is 218 g/mol. The molecule has 0 bridgehead atoms. The minimum absolute atomic E-state index is 0.171. The Morgan fingerprint density at radius 2 is 2.00 bits per heavy atom. The molecule has 0 saturated heterocycles. The van der Waals surface area contributed by atoms with E-state index in [1.165, 1.54) is 6.20 Å². The lowest BCUT2D eigenvalue weighted by molar-refractivity contribution is -0.115. The van der Waals surface area contributed by atoms with Crippen LogP contribution >= 0.6 is 0 Å². The highest BCUT2D eigenvalue weighted by Crippen LogP contribution is 2.06. The summed E-state index contributed by atoms with van der Waals surface area (Å²) >= 11 is 0. The quantitative estimate of drug-likeness (QED) is 0.618. The molecule has 0 spiro atoms. The molecule has 0 fully saturated rings. The van der Waals surface area contributed by atoms with Gasteiger partial charge in [0.1, 0.15) is 0 Å². The first-order valence-electron chi connectivity index (χ1n) is 5.12. The Morgan fingerprint density at radius 3 is 2.65 bits per heavy atom. The summed E-state index contributed by atoms with van der Waals surface area (Å²) in [5.41, 5.74) is 1.09. The summed E-state index contributed by atoms with van der Waals surface area (Å²) in [5.74, 6) is -0.549. The lowest BCUT2D eigenvalue weighted by Gasteiger charge is -2.01. The highest BCUT2D eigenvalue weighted by molar-refractivity contribution is 6.10. The van der Waals surface area contributed by atoms with Gasteiger partial charge < -0.3 is 5.32 Å². The summed E-state index contributed by atoms with van der Waals surface area (Å²) in [6.45, 7) is 0. The van der Waals surface area contributed by atoms with Crippen molar-refractivity contribution in [2.45, 2.75) is 6.42 Å². The molecule has 1 aromatic heterocycles. The summed E-state index contributed by atoms with van der Waals surface area (Å²) in [5, 5.41) is 8.83. The van der Waals surface area contributed by atoms with E-state index < -0.39 is 0 Å². The third-order valence-electron chi connectivity index (χ3n) is 2.20. The van der Waals surface area contributed by atoms with Crippen LogP contribution < -0.4 is 5.32 Å². The Labute approximate surface area is 97.9 Å². The Balaban J connectivity index is 1.93. The van der Waals surface area contributed by atoms with Crippen molar-refractivity contribution in [3.05, 3.63) is 48.3 Å². The Kier molecular flexibility index (Phi) is 3.30. The maximum atomic E-state index is 11.7. The molecule has 5 nitrogen and oxygen atoms in total. The number of anilines is 1. The smallest absolute Gasteiger partial charge is 0.232 e. The second-order valence-corrected chi connectivity index (χ2v) is 3.50. The van der Waals surface area contributed by atoms with Crippen LogP contribution in [0.15, 0.2) is 42.7 Å². The lowest BCUT2D eigenvalue weighted by atomic mass is 10.1. The van der Waals surface area contributed by atoms with Crippen LogP contribution in [-0.4, -0.2) is 21.9 Å². The number of benzene rings is 1. The summed E-state index contributed by atoms with van der Waals surface area (Å²) in [4.78, 5) is 23.2. The number of carbonyl (C=O) groups is 2. The van der Waals surface area contributed by atoms with E-state index in [1.807, 2.05) is 6.07 Å². The number of aromatic amines is 1. The van der Waals surface area contributed by atoms with Crippen LogP contribution in [0.3, 0.4) is 0 Å². The van der Waals surface area contributed by atoms with Gasteiger partial charge in [0.15, 0.2) is 5.78 Å². The van der Waals surface area contributed by atoms with E-state index in [0.717, 1.165) is 0 Å². The van der Waals surface area contributed by atoms with Crippen molar-refractivity contribution < 1.29 is 9.59 Å². The second kappa shape index (κ2) is 5.07. The fourth-order valence-corrected chi connectivity index (χ4v) is 1.40. The number of carbonyl (C=O) groups excluding carboxylic acids is 2. The van der Waals surface area contributed by atoms with Crippen molar-refractivity contribution in [3.8, 4) is 0 Å². The van der Waals surface area contributed by atoms with Crippen LogP contribution in [0.25, 0.3) is 0 Å². The van der Waals surface area contributed by atoms with Gasteiger partial charge in [-0.15, -0.1) is 0 Å². The molecule has 2 aromatic rings. The fourth-order valence-electron chi connectivity index (χ4n) is 1.40. The van der Waals surface area contributed by atoms with Crippen molar-refractivity contribution >= 4 is 17.4 Å². The minimum Gasteiger partial charge on any atom is -0.323 e. The molecular formula is C12H11N3O2. The van der Waals surface area contributed by atoms with Gasteiger partial charge in [0.05, 0.1) is 18.3 Å². The molecule has 0 unspecified atom stereocenters. The zero-order valence-electron chi connectivity index (χ0n) is 9.01. The normalized spacial score (nSPS) is 9.88. The first-order valence-corrected chi connectivity index (χ1v) is 5.12. The van der Waals surface area contributed by atoms with Crippen LogP contribution in [0, 0.1) is 0 Å². The molecule has 1 amide bonds. The third kappa shape index (κ3) is 3.01. The number of H-pyrrole nitrogens is 1. The third-order valence-corrected chi connectivity index (χ3v) is 2.20. The van der Waals surface area contributed by atoms with Gasteiger partial charge in [-0.3, -0.25) is 14.7 Å². The van der Waals surface area contributed by atoms with E-state index in [4.69, 9.17) is 0 Å². The summed E-state index contributed by atoms with van der Waals surface area (Å²) in [6, 6.07) is 8.73. The van der Waals surface area contributed by atoms with E-state index in [-0.39, 0.29) is 18.1 Å². The molecule has 0 aliphatic heterocycles. The van der Waals surface area contributed by atoms with Gasteiger partial charge in [-0.1, -0.05) is 30.3 Å². The molecule has 2 rings (SSSR count). The minimum atomic E-state index is -0.347. The average Bonchev–Trinajstić information content (AvgIpc) is 2.82. The van der Waals surface area contributed by atoms with Crippen molar-refractivity contribution in [1.29, 1.82) is 0 Å². The molecule has 0 saturated carbocycles. The largest absolute Gasteiger partial charge is 0.323 e. The number of ketones is 1. The maximum absolute atomic E-state index is 11.7. The molecule has 86 valence electrons. The second-order valence-electron chi connectivity index (χ2n) is 3.50. The van der Waals surface area contributed by atoms with E-state index in [1.54, 1.807) is 30.5 Å². The molecule has 5 heteroatoms. The standard InChI is InChI=1S/C12H11N3O2/c16-11(9-4-2-1-3-5-9)6-12(17)15-10-7-13-14-8-10/h1-5,7-8H,6H2,(H,13,14)(H,15,17). The Morgan fingerprint density at radius 1 is 1.24 bits per heavy atom. The van der Waals surface area contributed by atoms with Crippen molar-refractivity contribution in [2.75, 3.05) is 5.32 Å². The predicted octanol–water partition coefficient (Wildman–Crippen LogP) is 1.62. The maximum Gasteiger partial charge on any atom is 0.232 e. The molecule has 0 aliphatic carbocycles. The summed E-state index contributed by atoms with van der Waals surface area (Å²) < 4.78 is 0. The van der Waals surface area contributed by atoms with Gasteiger partial charge in [-0.2, -0.15) is 5.10 Å². The Bertz CT molecular complexity index is 506. The first-order chi connectivity index (χ1) is 8.25. The van der Waals surface area contributed by atoms with Crippen molar-refractivity contribution in [2.24, 2.45) is 0 Å². The molecule has 1 heterocycles. The van der Waals surface area contributed by atoms with Gasteiger partial charge >= 0.3 is 0 Å². The average molecular weight is 229 g/mol. The molecule has 0 atom stereocenters. The molecule has 2 N–H and O–H groups in total. The number of nitrogens with zero attached hydrogens (tertiary/aromatic N) is 1. The zero-order valence-corrected chi connectivity index (χ0v) is 9.01. The molecule has 0 aliphatic rings. The first kappa shape index (κ1) is 11.1. The number of Topliss-reactive ketones (excluding diaryl/α,β-unsaturated/α-hetero) is 1. The van der Waals surface area contributed by atoms with Gasteiger partial charge in [0, 0.05) is 11.8 Å². The highest BCUT2D eigenvalue weighted by atomic mass is 16.2. The van der Waals surface area contributed by atoms with Gasteiger partial charge in [0.25, 0.3) is 0 Å². The van der Waals surface area contributed by atoms with Crippen molar-refractivity contribution in [3.63, 3.8) is 0 Å². The topological polar surface area (TPSA) is 74.8 Å². The molecule has 1 aromatic carbocycles.